The summed E-state index contributed by atoms with van der Waals surface area (Å²) in [4.78, 5) is 20.0. The van der Waals surface area contributed by atoms with E-state index in [4.69, 9.17) is 23.8 Å². The third-order valence-electron chi connectivity index (χ3n) is 9.00. The van der Waals surface area contributed by atoms with Gasteiger partial charge in [0.1, 0.15) is 16.7 Å². The molecule has 0 saturated carbocycles. The second kappa shape index (κ2) is 10.4. The Balaban J connectivity index is 1.22. The topological polar surface area (TPSA) is 77.8 Å². The number of hydrogen-bond donors (Lipinski definition) is 0. The van der Waals surface area contributed by atoms with Crippen molar-refractivity contribution in [2.24, 2.45) is 0 Å². The molecule has 224 valence electrons. The summed E-state index contributed by atoms with van der Waals surface area (Å²) in [5, 5.41) is 6.06. The van der Waals surface area contributed by atoms with Crippen molar-refractivity contribution in [2.45, 2.75) is 0 Å². The van der Waals surface area contributed by atoms with Gasteiger partial charge >= 0.3 is 0 Å². The number of hydrogen-bond acceptors (Lipinski definition) is 6. The van der Waals surface area contributed by atoms with Crippen molar-refractivity contribution >= 4 is 54.8 Å². The molecule has 0 aliphatic heterocycles. The van der Waals surface area contributed by atoms with Gasteiger partial charge in [-0.3, -0.25) is 0 Å². The monoisotopic (exact) mass is 616 g/mol. The van der Waals surface area contributed by atoms with Crippen molar-refractivity contribution in [1.29, 1.82) is 0 Å². The third kappa shape index (κ3) is 4.20. The van der Waals surface area contributed by atoms with Crippen LogP contribution in [0, 0.1) is 0 Å². The van der Waals surface area contributed by atoms with E-state index in [9.17, 15) is 0 Å². The summed E-state index contributed by atoms with van der Waals surface area (Å²) in [6.45, 7) is 0. The van der Waals surface area contributed by atoms with Gasteiger partial charge in [-0.05, 0) is 58.3 Å². The van der Waals surface area contributed by atoms with E-state index < -0.39 is 0 Å². The maximum absolute atomic E-state index is 6.24. The average Bonchev–Trinajstić information content (AvgIpc) is 3.73. The lowest BCUT2D eigenvalue weighted by molar-refractivity contribution is 0.654. The first kappa shape index (κ1) is 26.5. The molecule has 4 heterocycles. The molecular weight excluding hydrogens is 592 g/mol. The van der Waals surface area contributed by atoms with E-state index in [1.807, 2.05) is 72.8 Å². The quantitative estimate of drug-likeness (QED) is 0.196. The molecule has 10 aromatic rings. The molecule has 0 fully saturated rings. The van der Waals surface area contributed by atoms with Gasteiger partial charge in [0.05, 0.1) is 5.39 Å². The standard InChI is InChI=1S/C42H24N4O2/c1-2-9-25(10-3-1)26-17-18-28-24-29(20-19-27(28)23-26)39-44-40(32-13-8-16-36-37(32)30-11-4-6-14-34(30)47-36)46-41(45-39)33-21-22-43-42-38(33)31-12-5-7-15-35(31)48-42/h1-24H. The summed E-state index contributed by atoms with van der Waals surface area (Å²) in [7, 11) is 0. The Morgan fingerprint density at radius 3 is 1.79 bits per heavy atom. The van der Waals surface area contributed by atoms with Gasteiger partial charge in [-0.2, -0.15) is 0 Å². The summed E-state index contributed by atoms with van der Waals surface area (Å²) in [6, 6.07) is 47.3. The summed E-state index contributed by atoms with van der Waals surface area (Å²) >= 11 is 0. The SMILES string of the molecule is c1ccc(-c2ccc3cc(-c4nc(-c5cccc6oc7ccccc7c56)nc(-c5ccnc6oc7ccccc7c56)n4)ccc3c2)cc1. The van der Waals surface area contributed by atoms with Crippen LogP contribution < -0.4 is 0 Å². The molecule has 0 radical (unpaired) electrons. The number of aromatic nitrogens is 4. The second-order valence-corrected chi connectivity index (χ2v) is 11.9. The van der Waals surface area contributed by atoms with E-state index in [1.54, 1.807) is 6.20 Å². The van der Waals surface area contributed by atoms with Crippen molar-refractivity contribution in [3.8, 4) is 45.3 Å². The number of rotatable bonds is 4. The Hall–Kier alpha value is -6.66. The number of nitrogens with zero attached hydrogens (tertiary/aromatic N) is 4. The fourth-order valence-corrected chi connectivity index (χ4v) is 6.73. The molecule has 4 aromatic heterocycles. The van der Waals surface area contributed by atoms with Crippen LogP contribution in [0.1, 0.15) is 0 Å². The number of fused-ring (bicyclic) bond motifs is 7. The van der Waals surface area contributed by atoms with Crippen LogP contribution >= 0.6 is 0 Å². The summed E-state index contributed by atoms with van der Waals surface area (Å²) < 4.78 is 12.4. The van der Waals surface area contributed by atoms with Crippen molar-refractivity contribution in [2.75, 3.05) is 0 Å². The van der Waals surface area contributed by atoms with Gasteiger partial charge in [-0.1, -0.05) is 103 Å². The van der Waals surface area contributed by atoms with Crippen molar-refractivity contribution in [3.05, 3.63) is 146 Å². The highest BCUT2D eigenvalue weighted by atomic mass is 16.3. The van der Waals surface area contributed by atoms with Crippen LogP contribution in [-0.2, 0) is 0 Å². The van der Waals surface area contributed by atoms with Crippen LogP contribution in [0.3, 0.4) is 0 Å². The number of para-hydroxylation sites is 2. The molecular formula is C42H24N4O2. The number of pyridine rings is 1. The van der Waals surface area contributed by atoms with Gasteiger partial charge in [0.25, 0.3) is 0 Å². The molecule has 6 aromatic carbocycles. The van der Waals surface area contributed by atoms with E-state index in [-0.39, 0.29) is 0 Å². The lowest BCUT2D eigenvalue weighted by atomic mass is 10.00. The van der Waals surface area contributed by atoms with Crippen LogP contribution in [0.25, 0.3) is 100 Å². The minimum atomic E-state index is 0.540. The molecule has 48 heavy (non-hydrogen) atoms. The van der Waals surface area contributed by atoms with Crippen LogP contribution in [-0.4, -0.2) is 19.9 Å². The minimum Gasteiger partial charge on any atom is -0.456 e. The van der Waals surface area contributed by atoms with Crippen LogP contribution in [0.15, 0.2) is 155 Å². The molecule has 0 N–H and O–H groups in total. The van der Waals surface area contributed by atoms with E-state index in [0.29, 0.717) is 23.2 Å². The van der Waals surface area contributed by atoms with Gasteiger partial charge in [0.2, 0.25) is 5.71 Å². The first-order valence-corrected chi connectivity index (χ1v) is 15.8. The van der Waals surface area contributed by atoms with Crippen molar-refractivity contribution in [1.82, 2.24) is 19.9 Å². The Morgan fingerprint density at radius 2 is 1.00 bits per heavy atom. The zero-order chi connectivity index (χ0) is 31.6. The Bertz CT molecular complexity index is 2720. The van der Waals surface area contributed by atoms with Crippen LogP contribution in [0.5, 0.6) is 0 Å². The zero-order valence-corrected chi connectivity index (χ0v) is 25.5. The molecule has 0 atom stereocenters. The van der Waals surface area contributed by atoms with Gasteiger partial charge in [0, 0.05) is 39.0 Å². The van der Waals surface area contributed by atoms with Crippen molar-refractivity contribution < 1.29 is 8.83 Å². The minimum absolute atomic E-state index is 0.540. The molecule has 6 heteroatoms. The fourth-order valence-electron chi connectivity index (χ4n) is 6.73. The molecule has 10 rings (SSSR count). The lowest BCUT2D eigenvalue weighted by Crippen LogP contribution is -2.01. The van der Waals surface area contributed by atoms with Gasteiger partial charge in [-0.25, -0.2) is 19.9 Å². The first-order valence-electron chi connectivity index (χ1n) is 15.8. The van der Waals surface area contributed by atoms with Gasteiger partial charge < -0.3 is 8.83 Å². The highest BCUT2D eigenvalue weighted by Gasteiger charge is 2.20. The fraction of sp³-hybridized carbons (Fsp3) is 0. The van der Waals surface area contributed by atoms with Crippen LogP contribution in [0.2, 0.25) is 0 Å². The molecule has 0 unspecified atom stereocenters. The van der Waals surface area contributed by atoms with Crippen LogP contribution in [0.4, 0.5) is 0 Å². The molecule has 0 aliphatic carbocycles. The number of furan rings is 2. The first-order chi connectivity index (χ1) is 23.8. The Labute approximate surface area is 274 Å². The second-order valence-electron chi connectivity index (χ2n) is 11.9. The average molecular weight is 617 g/mol. The summed E-state index contributed by atoms with van der Waals surface area (Å²) in [6.07, 6.45) is 1.74. The summed E-state index contributed by atoms with van der Waals surface area (Å²) in [5.41, 5.74) is 7.86. The van der Waals surface area contributed by atoms with E-state index in [2.05, 4.69) is 71.7 Å². The molecule has 0 saturated heterocycles. The summed E-state index contributed by atoms with van der Waals surface area (Å²) in [5.74, 6) is 1.68. The smallest absolute Gasteiger partial charge is 0.228 e. The van der Waals surface area contributed by atoms with Gasteiger partial charge in [-0.15, -0.1) is 0 Å². The van der Waals surface area contributed by atoms with Gasteiger partial charge in [0.15, 0.2) is 17.5 Å². The maximum Gasteiger partial charge on any atom is 0.228 e. The van der Waals surface area contributed by atoms with Crippen molar-refractivity contribution in [3.63, 3.8) is 0 Å². The normalized spacial score (nSPS) is 11.8. The van der Waals surface area contributed by atoms with E-state index in [1.165, 1.54) is 11.1 Å². The number of benzene rings is 6. The molecule has 0 spiro atoms. The predicted molar refractivity (Wildman–Crippen MR) is 191 cm³/mol. The Kier molecular flexibility index (Phi) is 5.77. The predicted octanol–water partition coefficient (Wildman–Crippen LogP) is 10.9. The van der Waals surface area contributed by atoms with E-state index in [0.717, 1.165) is 65.8 Å². The molecule has 0 aliphatic rings. The van der Waals surface area contributed by atoms with E-state index >= 15 is 0 Å². The largest absolute Gasteiger partial charge is 0.456 e. The third-order valence-corrected chi connectivity index (χ3v) is 9.00. The zero-order valence-electron chi connectivity index (χ0n) is 25.5. The molecule has 0 amide bonds. The highest BCUT2D eigenvalue weighted by molar-refractivity contribution is 6.12. The highest BCUT2D eigenvalue weighted by Crippen LogP contribution is 2.39. The Morgan fingerprint density at radius 1 is 0.396 bits per heavy atom. The molecule has 6 nitrogen and oxygen atoms in total. The molecule has 0 bridgehead atoms. The lowest BCUT2D eigenvalue weighted by Gasteiger charge is -2.11. The maximum atomic E-state index is 6.24.